The van der Waals surface area contributed by atoms with E-state index in [9.17, 15) is 4.79 Å². The van der Waals surface area contributed by atoms with Crippen LogP contribution in [0.5, 0.6) is 5.75 Å². The van der Waals surface area contributed by atoms with Gasteiger partial charge in [-0.3, -0.25) is 9.36 Å². The fourth-order valence-electron chi connectivity index (χ4n) is 4.13. The van der Waals surface area contributed by atoms with Gasteiger partial charge in [0.15, 0.2) is 11.0 Å². The number of aromatic nitrogens is 3. The van der Waals surface area contributed by atoms with Gasteiger partial charge in [-0.15, -0.1) is 10.2 Å². The maximum absolute atomic E-state index is 12.1. The van der Waals surface area contributed by atoms with E-state index in [1.165, 1.54) is 19.3 Å². The molecule has 4 rings (SSSR count). The lowest BCUT2D eigenvalue weighted by molar-refractivity contribution is 0.0827. The summed E-state index contributed by atoms with van der Waals surface area (Å²) in [5, 5.41) is 10.1. The van der Waals surface area contributed by atoms with Crippen molar-refractivity contribution < 1.29 is 9.53 Å². The van der Waals surface area contributed by atoms with Crippen molar-refractivity contribution >= 4 is 17.7 Å². The predicted molar refractivity (Wildman–Crippen MR) is 128 cm³/mol. The van der Waals surface area contributed by atoms with Crippen molar-refractivity contribution in [2.45, 2.75) is 49.1 Å². The van der Waals surface area contributed by atoms with E-state index in [2.05, 4.69) is 26.9 Å². The Labute approximate surface area is 194 Å². The van der Waals surface area contributed by atoms with E-state index in [4.69, 9.17) is 4.74 Å². The normalized spacial score (nSPS) is 14.3. The van der Waals surface area contributed by atoms with Crippen LogP contribution in [0.2, 0.25) is 0 Å². The Morgan fingerprint density at radius 1 is 1.03 bits per heavy atom. The van der Waals surface area contributed by atoms with E-state index in [1.54, 1.807) is 37.9 Å². The molecule has 1 aliphatic rings. The molecule has 0 atom stereocenters. The van der Waals surface area contributed by atoms with Gasteiger partial charge in [-0.1, -0.05) is 43.2 Å². The molecule has 1 aliphatic carbocycles. The molecule has 2 aromatic carbocycles. The van der Waals surface area contributed by atoms with Gasteiger partial charge in [-0.25, -0.2) is 0 Å². The third kappa shape index (κ3) is 4.99. The van der Waals surface area contributed by atoms with Gasteiger partial charge in [-0.2, -0.15) is 0 Å². The molecule has 0 unspecified atom stereocenters. The van der Waals surface area contributed by atoms with Crippen LogP contribution >= 0.6 is 11.8 Å². The molecule has 0 saturated heterocycles. The molecule has 168 valence electrons. The number of thioether (sulfide) groups is 1. The lowest BCUT2D eigenvalue weighted by Crippen LogP contribution is -2.21. The molecule has 1 saturated carbocycles. The molecule has 0 spiro atoms. The SMILES string of the molecule is COc1ccc(-c2nnc(SCc3ccc(C(=O)N(C)C)cc3)n2C2CCCCC2)cc1. The maximum atomic E-state index is 12.1. The highest BCUT2D eigenvalue weighted by Crippen LogP contribution is 2.36. The molecular formula is C25H30N4O2S. The first kappa shape index (κ1) is 22.4. The third-order valence-electron chi connectivity index (χ3n) is 5.93. The van der Waals surface area contributed by atoms with E-state index in [0.29, 0.717) is 11.6 Å². The van der Waals surface area contributed by atoms with Crippen LogP contribution in [-0.2, 0) is 5.75 Å². The minimum atomic E-state index is 0.0189. The summed E-state index contributed by atoms with van der Waals surface area (Å²) in [7, 11) is 5.21. The number of carbonyl (C=O) groups excluding carboxylic acids is 1. The summed E-state index contributed by atoms with van der Waals surface area (Å²) in [5.74, 6) is 2.56. The molecule has 1 fully saturated rings. The zero-order chi connectivity index (χ0) is 22.5. The number of methoxy groups -OCH3 is 1. The van der Waals surface area contributed by atoms with Gasteiger partial charge in [0.05, 0.1) is 7.11 Å². The quantitative estimate of drug-likeness (QED) is 0.448. The zero-order valence-electron chi connectivity index (χ0n) is 19.0. The van der Waals surface area contributed by atoms with E-state index in [0.717, 1.165) is 46.5 Å². The second-order valence-electron chi connectivity index (χ2n) is 8.38. The average Bonchev–Trinajstić information content (AvgIpc) is 3.27. The molecule has 3 aromatic rings. The summed E-state index contributed by atoms with van der Waals surface area (Å²) in [6.45, 7) is 0. The Balaban J connectivity index is 1.56. The average molecular weight is 451 g/mol. The van der Waals surface area contributed by atoms with E-state index in [-0.39, 0.29) is 5.91 Å². The van der Waals surface area contributed by atoms with Crippen molar-refractivity contribution in [3.63, 3.8) is 0 Å². The van der Waals surface area contributed by atoms with Crippen LogP contribution in [-0.4, -0.2) is 46.8 Å². The lowest BCUT2D eigenvalue weighted by atomic mass is 9.95. The molecule has 0 aliphatic heterocycles. The summed E-state index contributed by atoms with van der Waals surface area (Å²) in [5.41, 5.74) is 2.92. The highest BCUT2D eigenvalue weighted by Gasteiger charge is 2.24. The monoisotopic (exact) mass is 450 g/mol. The summed E-state index contributed by atoms with van der Waals surface area (Å²) < 4.78 is 7.65. The van der Waals surface area contributed by atoms with Gasteiger partial charge >= 0.3 is 0 Å². The lowest BCUT2D eigenvalue weighted by Gasteiger charge is -2.25. The number of hydrogen-bond acceptors (Lipinski definition) is 5. The minimum Gasteiger partial charge on any atom is -0.497 e. The number of nitrogens with zero attached hydrogens (tertiary/aromatic N) is 4. The van der Waals surface area contributed by atoms with Crippen LogP contribution in [0.4, 0.5) is 0 Å². The molecule has 0 radical (unpaired) electrons. The third-order valence-corrected chi connectivity index (χ3v) is 6.94. The van der Waals surface area contributed by atoms with Crippen LogP contribution in [0.15, 0.2) is 53.7 Å². The highest BCUT2D eigenvalue weighted by molar-refractivity contribution is 7.98. The van der Waals surface area contributed by atoms with E-state index < -0.39 is 0 Å². The van der Waals surface area contributed by atoms with Gasteiger partial charge in [0.25, 0.3) is 5.91 Å². The smallest absolute Gasteiger partial charge is 0.253 e. The number of rotatable bonds is 7. The largest absolute Gasteiger partial charge is 0.497 e. The summed E-state index contributed by atoms with van der Waals surface area (Å²) in [6.07, 6.45) is 6.12. The summed E-state index contributed by atoms with van der Waals surface area (Å²) in [6, 6.07) is 16.3. The van der Waals surface area contributed by atoms with Crippen LogP contribution in [0, 0.1) is 0 Å². The van der Waals surface area contributed by atoms with Crippen molar-refractivity contribution in [3.8, 4) is 17.1 Å². The Kier molecular flexibility index (Phi) is 7.15. The van der Waals surface area contributed by atoms with Crippen LogP contribution in [0.1, 0.15) is 54.1 Å². The standard InChI is InChI=1S/C25H30N4O2S/c1-28(2)24(30)20-11-9-18(10-12-20)17-32-25-27-26-23(19-13-15-22(31-3)16-14-19)29(25)21-7-5-4-6-8-21/h9-16,21H,4-8,17H2,1-3H3. The van der Waals surface area contributed by atoms with Gasteiger partial charge in [0.2, 0.25) is 0 Å². The highest BCUT2D eigenvalue weighted by atomic mass is 32.2. The first-order chi connectivity index (χ1) is 15.6. The number of ether oxygens (including phenoxy) is 1. The number of benzene rings is 2. The molecule has 1 amide bonds. The van der Waals surface area contributed by atoms with Crippen LogP contribution in [0.25, 0.3) is 11.4 Å². The second-order valence-corrected chi connectivity index (χ2v) is 9.32. The van der Waals surface area contributed by atoms with Crippen molar-refractivity contribution in [2.75, 3.05) is 21.2 Å². The fraction of sp³-hybridized carbons (Fsp3) is 0.400. The molecule has 1 aromatic heterocycles. The van der Waals surface area contributed by atoms with Crippen LogP contribution < -0.4 is 4.74 Å². The zero-order valence-corrected chi connectivity index (χ0v) is 19.8. The molecule has 32 heavy (non-hydrogen) atoms. The Hall–Kier alpha value is -2.80. The molecule has 0 bridgehead atoms. The first-order valence-corrected chi connectivity index (χ1v) is 12.1. The number of hydrogen-bond donors (Lipinski definition) is 0. The molecule has 6 nitrogen and oxygen atoms in total. The van der Waals surface area contributed by atoms with Crippen molar-refractivity contribution in [2.24, 2.45) is 0 Å². The Bertz CT molecular complexity index is 1040. The molecule has 1 heterocycles. The van der Waals surface area contributed by atoms with Gasteiger partial charge in [0.1, 0.15) is 5.75 Å². The summed E-state index contributed by atoms with van der Waals surface area (Å²) >= 11 is 1.71. The van der Waals surface area contributed by atoms with Gasteiger partial charge < -0.3 is 9.64 Å². The van der Waals surface area contributed by atoms with Crippen molar-refractivity contribution in [3.05, 3.63) is 59.7 Å². The Morgan fingerprint density at radius 2 is 1.72 bits per heavy atom. The second kappa shape index (κ2) is 10.2. The maximum Gasteiger partial charge on any atom is 0.253 e. The van der Waals surface area contributed by atoms with Crippen molar-refractivity contribution in [1.29, 1.82) is 0 Å². The predicted octanol–water partition coefficient (Wildman–Crippen LogP) is 5.45. The van der Waals surface area contributed by atoms with E-state index in [1.807, 2.05) is 36.4 Å². The van der Waals surface area contributed by atoms with E-state index >= 15 is 0 Å². The van der Waals surface area contributed by atoms with Gasteiger partial charge in [0, 0.05) is 37.0 Å². The molecule has 0 N–H and O–H groups in total. The first-order valence-electron chi connectivity index (χ1n) is 11.1. The fourth-order valence-corrected chi connectivity index (χ4v) is 5.09. The Morgan fingerprint density at radius 3 is 2.34 bits per heavy atom. The van der Waals surface area contributed by atoms with Crippen LogP contribution in [0.3, 0.4) is 0 Å². The minimum absolute atomic E-state index is 0.0189. The van der Waals surface area contributed by atoms with Crippen molar-refractivity contribution in [1.82, 2.24) is 19.7 Å². The topological polar surface area (TPSA) is 60.3 Å². The molecular weight excluding hydrogens is 420 g/mol. The molecule has 7 heteroatoms. The number of carbonyl (C=O) groups is 1. The van der Waals surface area contributed by atoms with Gasteiger partial charge in [-0.05, 0) is 54.8 Å². The summed E-state index contributed by atoms with van der Waals surface area (Å²) in [4.78, 5) is 13.7. The number of amides is 1.